The van der Waals surface area contributed by atoms with Crippen molar-refractivity contribution in [2.75, 3.05) is 30.4 Å². The van der Waals surface area contributed by atoms with Crippen molar-refractivity contribution >= 4 is 11.9 Å². The summed E-state index contributed by atoms with van der Waals surface area (Å²) in [4.78, 5) is 16.3. The van der Waals surface area contributed by atoms with E-state index in [2.05, 4.69) is 34.0 Å². The van der Waals surface area contributed by atoms with Gasteiger partial charge in [0.2, 0.25) is 11.9 Å². The van der Waals surface area contributed by atoms with E-state index in [0.717, 1.165) is 30.8 Å². The predicted molar refractivity (Wildman–Crippen MR) is 149 cm³/mol. The third-order valence-electron chi connectivity index (χ3n) is 6.68. The van der Waals surface area contributed by atoms with Crippen molar-refractivity contribution in [3.63, 3.8) is 0 Å². The van der Waals surface area contributed by atoms with E-state index in [4.69, 9.17) is 4.98 Å². The molecule has 9 heteroatoms. The minimum absolute atomic E-state index is 0. The maximum Gasteiger partial charge on any atom is 0.230 e. The van der Waals surface area contributed by atoms with Crippen LogP contribution in [0.25, 0.3) is 0 Å². The monoisotopic (exact) mass is 466 g/mol. The van der Waals surface area contributed by atoms with Crippen LogP contribution < -0.4 is 34.8 Å². The van der Waals surface area contributed by atoms with Gasteiger partial charge in [0.1, 0.15) is 5.82 Å². The van der Waals surface area contributed by atoms with Crippen LogP contribution in [0.15, 0.2) is 0 Å². The molecule has 2 saturated carbocycles. The Labute approximate surface area is 204 Å². The molecule has 4 rings (SSSR count). The number of rotatable bonds is 3. The molecule has 0 atom stereocenters. The maximum absolute atomic E-state index is 4.79. The second-order valence-corrected chi connectivity index (χ2v) is 9.67. The van der Waals surface area contributed by atoms with Gasteiger partial charge in [-0.15, -0.1) is 0 Å². The molecule has 3 fully saturated rings. The van der Waals surface area contributed by atoms with E-state index in [1.165, 1.54) is 83.5 Å². The van der Waals surface area contributed by atoms with E-state index in [1.54, 1.807) is 0 Å². The second-order valence-electron chi connectivity index (χ2n) is 9.67. The third kappa shape index (κ3) is 9.94. The fourth-order valence-corrected chi connectivity index (χ4v) is 4.78. The lowest BCUT2D eigenvalue weighted by Gasteiger charge is -2.28. The molecule has 1 aromatic heterocycles. The first-order valence-electron chi connectivity index (χ1n) is 11.8. The van der Waals surface area contributed by atoms with E-state index in [1.807, 2.05) is 7.05 Å². The van der Waals surface area contributed by atoms with E-state index in [-0.39, 0.29) is 31.7 Å². The van der Waals surface area contributed by atoms with Crippen LogP contribution in [0.4, 0.5) is 11.9 Å². The van der Waals surface area contributed by atoms with Crippen molar-refractivity contribution < 1.29 is 7.13 Å². The van der Waals surface area contributed by atoms with Gasteiger partial charge in [0.05, 0.1) is 0 Å². The Morgan fingerprint density at radius 1 is 0.750 bits per heavy atom. The summed E-state index contributed by atoms with van der Waals surface area (Å²) in [6.07, 6.45) is 17.6. The molecule has 0 bridgehead atoms. The zero-order chi connectivity index (χ0) is 19.8. The Kier molecular flexibility index (Phi) is 16.4. The van der Waals surface area contributed by atoms with Gasteiger partial charge >= 0.3 is 0 Å². The molecule has 0 spiro atoms. The molecular formula is C23H63N9. The number of piperidine rings is 1. The van der Waals surface area contributed by atoms with E-state index < -0.39 is 0 Å². The van der Waals surface area contributed by atoms with Crippen LogP contribution in [0.1, 0.15) is 116 Å². The molecular weight excluding hydrogens is 402 g/mol. The Hall–Kier alpha value is -1.55. The fourth-order valence-electron chi connectivity index (χ4n) is 4.78. The van der Waals surface area contributed by atoms with Gasteiger partial charge in [-0.25, -0.2) is 0 Å². The van der Waals surface area contributed by atoms with Gasteiger partial charge in [-0.2, -0.15) is 15.0 Å². The number of hydrogen-bond acceptors (Lipinski definition) is 9. The van der Waals surface area contributed by atoms with Crippen molar-refractivity contribution in [3.05, 3.63) is 5.82 Å². The maximum atomic E-state index is 4.79. The number of aromatic nitrogens is 3. The summed E-state index contributed by atoms with van der Waals surface area (Å²) in [7, 11) is 1.89. The van der Waals surface area contributed by atoms with Gasteiger partial charge < -0.3 is 34.8 Å². The van der Waals surface area contributed by atoms with Gasteiger partial charge in [0.25, 0.3) is 0 Å². The Morgan fingerprint density at radius 2 is 1.28 bits per heavy atom. The minimum atomic E-state index is 0. The van der Waals surface area contributed by atoms with E-state index in [9.17, 15) is 0 Å². The number of hydrogen-bond donors (Lipinski definition) is 5. The number of nitrogens with one attached hydrogen (secondary N) is 1. The standard InChI is InChI=1S/C15H25N5.C8H16.4H3N.5H2/c1-16-14-17-13(12-8-4-2-5-9-12)18-15(19-14)20-10-6-3-7-11-20;1-8(2)6-4-3-5-7-8;;;;;;;;;/h12H,2-11H2,1H3,(H,16,17,18,19);3-7H2,1-2H3;4*1H3;5*1H. The summed E-state index contributed by atoms with van der Waals surface area (Å²) in [5.41, 5.74) is 0.679. The Morgan fingerprint density at radius 3 is 1.78 bits per heavy atom. The van der Waals surface area contributed by atoms with E-state index in [0.29, 0.717) is 11.3 Å². The van der Waals surface area contributed by atoms with Crippen molar-refractivity contribution in [1.29, 1.82) is 0 Å². The third-order valence-corrected chi connectivity index (χ3v) is 6.68. The van der Waals surface area contributed by atoms with Crippen LogP contribution in [0.2, 0.25) is 0 Å². The number of anilines is 2. The minimum Gasteiger partial charge on any atom is -0.357 e. The average molecular weight is 466 g/mol. The van der Waals surface area contributed by atoms with Crippen LogP contribution in [0.3, 0.4) is 0 Å². The lowest BCUT2D eigenvalue weighted by molar-refractivity contribution is 0.244. The van der Waals surface area contributed by atoms with Crippen LogP contribution in [0.5, 0.6) is 0 Å². The first kappa shape index (κ1) is 32.6. The average Bonchev–Trinajstić information content (AvgIpc) is 2.75. The van der Waals surface area contributed by atoms with Gasteiger partial charge in [-0.3, -0.25) is 0 Å². The smallest absolute Gasteiger partial charge is 0.230 e. The zero-order valence-corrected chi connectivity index (χ0v) is 21.3. The normalized spacial score (nSPS) is 20.0. The fraction of sp³-hybridized carbons (Fsp3) is 0.870. The van der Waals surface area contributed by atoms with Crippen molar-refractivity contribution in [2.45, 2.75) is 103 Å². The van der Waals surface area contributed by atoms with Crippen LogP contribution >= 0.6 is 0 Å². The van der Waals surface area contributed by atoms with Crippen LogP contribution in [-0.2, 0) is 0 Å². The van der Waals surface area contributed by atoms with Gasteiger partial charge in [-0.05, 0) is 50.4 Å². The summed E-state index contributed by atoms with van der Waals surface area (Å²) in [5.74, 6) is 3.14. The summed E-state index contributed by atoms with van der Waals surface area (Å²) in [6, 6.07) is 0. The van der Waals surface area contributed by atoms with Gasteiger partial charge in [-0.1, -0.05) is 52.4 Å². The van der Waals surface area contributed by atoms with Crippen molar-refractivity contribution in [1.82, 2.24) is 39.6 Å². The SMILES string of the molecule is CC1(C)CCCCC1.CNc1nc(C2CCCCC2)nc(N2CCCCC2)n1.N.N.N.N.[HH].[HH].[HH].[HH].[HH]. The molecule has 2 aliphatic carbocycles. The summed E-state index contributed by atoms with van der Waals surface area (Å²) in [6.45, 7) is 6.92. The molecule has 0 radical (unpaired) electrons. The highest BCUT2D eigenvalue weighted by Gasteiger charge is 2.22. The summed E-state index contributed by atoms with van der Waals surface area (Å²) < 4.78 is 0. The number of nitrogens with zero attached hydrogens (tertiary/aromatic N) is 4. The topological polar surface area (TPSA) is 194 Å². The Balaban J connectivity index is -0.0000000942. The zero-order valence-electron chi connectivity index (χ0n) is 21.3. The van der Waals surface area contributed by atoms with Gasteiger partial charge in [0.15, 0.2) is 0 Å². The summed E-state index contributed by atoms with van der Waals surface area (Å²) >= 11 is 0. The first-order valence-corrected chi connectivity index (χ1v) is 11.8. The quantitative estimate of drug-likeness (QED) is 0.295. The molecule has 13 N–H and O–H groups in total. The molecule has 0 aromatic carbocycles. The van der Waals surface area contributed by atoms with Gasteiger partial charge in [0, 0.05) is 33.2 Å². The molecule has 0 amide bonds. The molecule has 2 heterocycles. The summed E-state index contributed by atoms with van der Waals surface area (Å²) in [5, 5.41) is 3.10. The van der Waals surface area contributed by atoms with Crippen molar-refractivity contribution in [2.24, 2.45) is 5.41 Å². The highest BCUT2D eigenvalue weighted by molar-refractivity contribution is 5.37. The molecule has 200 valence electrons. The second kappa shape index (κ2) is 16.1. The molecule has 9 nitrogen and oxygen atoms in total. The molecule has 1 saturated heterocycles. The predicted octanol–water partition coefficient (Wildman–Crippen LogP) is 7.81. The molecule has 0 unspecified atom stereocenters. The molecule has 32 heavy (non-hydrogen) atoms. The Bertz CT molecular complexity index is 574. The molecule has 1 aliphatic heterocycles. The lowest BCUT2D eigenvalue weighted by atomic mass is 9.78. The van der Waals surface area contributed by atoms with Crippen LogP contribution in [0, 0.1) is 5.41 Å². The largest absolute Gasteiger partial charge is 0.357 e. The van der Waals surface area contributed by atoms with Crippen molar-refractivity contribution in [3.8, 4) is 0 Å². The molecule has 3 aliphatic rings. The van der Waals surface area contributed by atoms with Crippen LogP contribution in [-0.4, -0.2) is 35.1 Å². The van der Waals surface area contributed by atoms with E-state index >= 15 is 0 Å². The first-order chi connectivity index (χ1) is 13.6. The molecule has 1 aromatic rings. The highest BCUT2D eigenvalue weighted by Crippen LogP contribution is 2.34. The highest BCUT2D eigenvalue weighted by atomic mass is 15.3. The lowest BCUT2D eigenvalue weighted by Crippen LogP contribution is -2.31.